The number of ether oxygens (including phenoxy) is 1. The third-order valence-corrected chi connectivity index (χ3v) is 2.41. The van der Waals surface area contributed by atoms with Crippen molar-refractivity contribution in [2.75, 3.05) is 24.7 Å². The van der Waals surface area contributed by atoms with Crippen molar-refractivity contribution in [3.63, 3.8) is 0 Å². The van der Waals surface area contributed by atoms with Crippen molar-refractivity contribution in [1.29, 1.82) is 0 Å². The first-order valence-electron chi connectivity index (χ1n) is 4.76. The summed E-state index contributed by atoms with van der Waals surface area (Å²) in [5.74, 6) is -0.855. The maximum atomic E-state index is 11.0. The number of aliphatic carboxylic acids is 1. The molecule has 2 rings (SSSR count). The van der Waals surface area contributed by atoms with Gasteiger partial charge in [0.2, 0.25) is 0 Å². The van der Waals surface area contributed by atoms with Crippen LogP contribution < -0.4 is 4.90 Å². The summed E-state index contributed by atoms with van der Waals surface area (Å²) < 4.78 is 5.16. The molecule has 0 spiro atoms. The van der Waals surface area contributed by atoms with E-state index in [1.807, 2.05) is 4.90 Å². The molecule has 1 atom stereocenters. The SMILES string of the molecule is O=C(O)C1COCCN1c1ccncc1. The number of anilines is 1. The molecule has 0 aromatic carbocycles. The second kappa shape index (κ2) is 4.27. The maximum absolute atomic E-state index is 11.0. The lowest BCUT2D eigenvalue weighted by atomic mass is 10.2. The predicted octanol–water partition coefficient (Wildman–Crippen LogP) is 0.371. The minimum atomic E-state index is -0.855. The van der Waals surface area contributed by atoms with Crippen molar-refractivity contribution < 1.29 is 14.6 Å². The summed E-state index contributed by atoms with van der Waals surface area (Å²) in [6.45, 7) is 1.39. The number of nitrogens with zero attached hydrogens (tertiary/aromatic N) is 2. The topological polar surface area (TPSA) is 62.7 Å². The molecular formula is C10H12N2O3. The summed E-state index contributed by atoms with van der Waals surface area (Å²) in [6.07, 6.45) is 3.31. The van der Waals surface area contributed by atoms with Gasteiger partial charge in [0.15, 0.2) is 6.04 Å². The van der Waals surface area contributed by atoms with E-state index < -0.39 is 12.0 Å². The van der Waals surface area contributed by atoms with Crippen LogP contribution in [0, 0.1) is 0 Å². The molecule has 1 aliphatic rings. The van der Waals surface area contributed by atoms with Crippen molar-refractivity contribution in [1.82, 2.24) is 4.98 Å². The lowest BCUT2D eigenvalue weighted by Gasteiger charge is -2.34. The number of pyridine rings is 1. The maximum Gasteiger partial charge on any atom is 0.328 e. The summed E-state index contributed by atoms with van der Waals surface area (Å²) in [7, 11) is 0. The second-order valence-electron chi connectivity index (χ2n) is 3.33. The van der Waals surface area contributed by atoms with Gasteiger partial charge in [-0.3, -0.25) is 4.98 Å². The number of morpholine rings is 1. The van der Waals surface area contributed by atoms with Crippen molar-refractivity contribution in [2.24, 2.45) is 0 Å². The third-order valence-electron chi connectivity index (χ3n) is 2.41. The molecule has 1 fully saturated rings. The zero-order valence-electron chi connectivity index (χ0n) is 8.17. The van der Waals surface area contributed by atoms with E-state index in [1.54, 1.807) is 24.5 Å². The minimum Gasteiger partial charge on any atom is -0.480 e. The van der Waals surface area contributed by atoms with Gasteiger partial charge in [-0.1, -0.05) is 0 Å². The average molecular weight is 208 g/mol. The van der Waals surface area contributed by atoms with Crippen LogP contribution in [0.5, 0.6) is 0 Å². The van der Waals surface area contributed by atoms with Gasteiger partial charge in [0.1, 0.15) is 0 Å². The monoisotopic (exact) mass is 208 g/mol. The number of carboxylic acid groups (broad SMARTS) is 1. The molecule has 5 nitrogen and oxygen atoms in total. The molecule has 0 aliphatic carbocycles. The van der Waals surface area contributed by atoms with E-state index in [9.17, 15) is 4.79 Å². The Hall–Kier alpha value is -1.62. The van der Waals surface area contributed by atoms with Crippen molar-refractivity contribution in [2.45, 2.75) is 6.04 Å². The van der Waals surface area contributed by atoms with E-state index in [4.69, 9.17) is 9.84 Å². The van der Waals surface area contributed by atoms with Gasteiger partial charge in [-0.2, -0.15) is 0 Å². The van der Waals surface area contributed by atoms with Crippen LogP contribution in [0.25, 0.3) is 0 Å². The second-order valence-corrected chi connectivity index (χ2v) is 3.33. The average Bonchev–Trinajstić information content (AvgIpc) is 2.30. The highest BCUT2D eigenvalue weighted by molar-refractivity contribution is 5.78. The fraction of sp³-hybridized carbons (Fsp3) is 0.400. The molecule has 1 saturated heterocycles. The molecule has 0 saturated carbocycles. The molecule has 1 N–H and O–H groups in total. The van der Waals surface area contributed by atoms with E-state index in [0.717, 1.165) is 5.69 Å². The van der Waals surface area contributed by atoms with Crippen LogP contribution >= 0.6 is 0 Å². The summed E-state index contributed by atoms with van der Waals surface area (Å²) in [5.41, 5.74) is 0.876. The van der Waals surface area contributed by atoms with E-state index in [0.29, 0.717) is 13.2 Å². The highest BCUT2D eigenvalue weighted by Gasteiger charge is 2.29. The Morgan fingerprint density at radius 3 is 2.93 bits per heavy atom. The van der Waals surface area contributed by atoms with E-state index in [1.165, 1.54) is 0 Å². The molecule has 0 amide bonds. The van der Waals surface area contributed by atoms with Gasteiger partial charge in [0.25, 0.3) is 0 Å². The van der Waals surface area contributed by atoms with Crippen LogP contribution in [0.2, 0.25) is 0 Å². The van der Waals surface area contributed by atoms with Crippen molar-refractivity contribution in [3.05, 3.63) is 24.5 Å². The molecule has 1 aromatic rings. The third kappa shape index (κ3) is 2.07. The molecule has 1 aromatic heterocycles. The summed E-state index contributed by atoms with van der Waals surface area (Å²) in [5, 5.41) is 9.03. The Morgan fingerprint density at radius 1 is 1.53 bits per heavy atom. The minimum absolute atomic E-state index is 0.234. The van der Waals surface area contributed by atoms with Gasteiger partial charge in [-0.25, -0.2) is 4.79 Å². The molecule has 1 aliphatic heterocycles. The molecule has 80 valence electrons. The zero-order valence-corrected chi connectivity index (χ0v) is 8.17. The van der Waals surface area contributed by atoms with Gasteiger partial charge in [0, 0.05) is 24.6 Å². The van der Waals surface area contributed by atoms with Crippen molar-refractivity contribution in [3.8, 4) is 0 Å². The van der Waals surface area contributed by atoms with Gasteiger partial charge in [-0.15, -0.1) is 0 Å². The normalized spacial score (nSPS) is 21.3. The van der Waals surface area contributed by atoms with E-state index in [-0.39, 0.29) is 6.61 Å². The van der Waals surface area contributed by atoms with E-state index >= 15 is 0 Å². The molecule has 5 heteroatoms. The van der Waals surface area contributed by atoms with Crippen LogP contribution in [-0.2, 0) is 9.53 Å². The number of rotatable bonds is 2. The number of hydrogen-bond acceptors (Lipinski definition) is 4. The van der Waals surface area contributed by atoms with Crippen molar-refractivity contribution >= 4 is 11.7 Å². The summed E-state index contributed by atoms with van der Waals surface area (Å²) >= 11 is 0. The Morgan fingerprint density at radius 2 is 2.27 bits per heavy atom. The molecule has 0 radical (unpaired) electrons. The highest BCUT2D eigenvalue weighted by atomic mass is 16.5. The Labute approximate surface area is 87.3 Å². The summed E-state index contributed by atoms with van der Waals surface area (Å²) in [6, 6.07) is 3.02. The number of hydrogen-bond donors (Lipinski definition) is 1. The smallest absolute Gasteiger partial charge is 0.328 e. The largest absolute Gasteiger partial charge is 0.480 e. The highest BCUT2D eigenvalue weighted by Crippen LogP contribution is 2.18. The Bertz CT molecular complexity index is 342. The van der Waals surface area contributed by atoms with Gasteiger partial charge in [-0.05, 0) is 12.1 Å². The fourth-order valence-corrected chi connectivity index (χ4v) is 1.65. The van der Waals surface area contributed by atoms with Crippen LogP contribution in [0.1, 0.15) is 0 Å². The predicted molar refractivity (Wildman–Crippen MR) is 53.8 cm³/mol. The number of carboxylic acids is 1. The molecule has 15 heavy (non-hydrogen) atoms. The molecule has 1 unspecified atom stereocenters. The zero-order chi connectivity index (χ0) is 10.7. The van der Waals surface area contributed by atoms with Gasteiger partial charge < -0.3 is 14.7 Å². The molecule has 0 bridgehead atoms. The van der Waals surface area contributed by atoms with Gasteiger partial charge >= 0.3 is 5.97 Å². The first-order chi connectivity index (χ1) is 7.29. The number of carbonyl (C=O) groups is 1. The van der Waals surface area contributed by atoms with Crippen LogP contribution in [0.4, 0.5) is 5.69 Å². The Kier molecular flexibility index (Phi) is 2.82. The van der Waals surface area contributed by atoms with Crippen LogP contribution in [0.15, 0.2) is 24.5 Å². The van der Waals surface area contributed by atoms with Gasteiger partial charge in [0.05, 0.1) is 13.2 Å². The van der Waals surface area contributed by atoms with E-state index in [2.05, 4.69) is 4.98 Å². The lowest BCUT2D eigenvalue weighted by Crippen LogP contribution is -2.50. The number of aromatic nitrogens is 1. The standard InChI is InChI=1S/C10H12N2O3/c13-10(14)9-7-15-6-5-12(9)8-1-3-11-4-2-8/h1-4,9H,5-7H2,(H,13,14). The lowest BCUT2D eigenvalue weighted by molar-refractivity contribution is -0.141. The van der Waals surface area contributed by atoms with Crippen LogP contribution in [-0.4, -0.2) is 41.9 Å². The first-order valence-corrected chi connectivity index (χ1v) is 4.76. The Balaban J connectivity index is 2.22. The molecule has 2 heterocycles. The quantitative estimate of drug-likeness (QED) is 0.760. The first kappa shape index (κ1) is 9.92. The fourth-order valence-electron chi connectivity index (χ4n) is 1.65. The summed E-state index contributed by atoms with van der Waals surface area (Å²) in [4.78, 5) is 16.7. The van der Waals surface area contributed by atoms with Crippen LogP contribution in [0.3, 0.4) is 0 Å². The molecular weight excluding hydrogens is 196 g/mol.